The van der Waals surface area contributed by atoms with Gasteiger partial charge in [-0.05, 0) is 29.3 Å². The van der Waals surface area contributed by atoms with Crippen LogP contribution in [0.1, 0.15) is 31.2 Å². The molecule has 2 aromatic heterocycles. The quantitative estimate of drug-likeness (QED) is 0.297. The average molecular weight is 361 g/mol. The Bertz CT molecular complexity index is 1210. The lowest BCUT2D eigenvalue weighted by Gasteiger charge is -2.23. The Morgan fingerprint density at radius 2 is 1.85 bits per heavy atom. The van der Waals surface area contributed by atoms with Crippen LogP contribution in [0.25, 0.3) is 32.1 Å². The Hall–Kier alpha value is -2.39. The third-order valence-electron chi connectivity index (χ3n) is 5.33. The van der Waals surface area contributed by atoms with Crippen LogP contribution in [-0.2, 0) is 12.5 Å². The molecule has 3 heterocycles. The number of benzene rings is 2. The van der Waals surface area contributed by atoms with Gasteiger partial charge in [0, 0.05) is 11.5 Å². The second kappa shape index (κ2) is 5.08. The largest absolute Gasteiger partial charge is 0.454 e. The first-order valence-corrected chi connectivity index (χ1v) is 9.84. The van der Waals surface area contributed by atoms with Gasteiger partial charge in [0.15, 0.2) is 11.9 Å². The maximum absolute atomic E-state index is 6.59. The first kappa shape index (κ1) is 15.8. The predicted molar refractivity (Wildman–Crippen MR) is 109 cm³/mol. The fourth-order valence-corrected chi connectivity index (χ4v) is 5.26. The number of aryl methyl sites for hydroxylation is 2. The molecule has 0 fully saturated rings. The molecule has 2 aromatic carbocycles. The lowest BCUT2D eigenvalue weighted by Crippen LogP contribution is -2.31. The van der Waals surface area contributed by atoms with Gasteiger partial charge in [0.05, 0.1) is 15.1 Å². The highest BCUT2D eigenvalue weighted by molar-refractivity contribution is 7.19. The summed E-state index contributed by atoms with van der Waals surface area (Å²) in [4.78, 5) is 1.32. The zero-order valence-electron chi connectivity index (χ0n) is 15.8. The Kier molecular flexibility index (Phi) is 3.09. The van der Waals surface area contributed by atoms with Crippen molar-refractivity contribution >= 4 is 32.2 Å². The molecule has 1 aliphatic heterocycles. The van der Waals surface area contributed by atoms with E-state index in [4.69, 9.17) is 4.74 Å². The van der Waals surface area contributed by atoms with Crippen molar-refractivity contribution in [1.82, 2.24) is 0 Å². The number of fused-ring (bicyclic) bond motifs is 3. The second-order valence-corrected chi connectivity index (χ2v) is 9.27. The van der Waals surface area contributed by atoms with Gasteiger partial charge >= 0.3 is 0 Å². The average Bonchev–Trinajstić information content (AvgIpc) is 2.97. The molecule has 0 unspecified atom stereocenters. The van der Waals surface area contributed by atoms with E-state index in [0.29, 0.717) is 0 Å². The monoisotopic (exact) mass is 360 g/mol. The fraction of sp³-hybridized carbons (Fsp3) is 0.261. The molecule has 1 aliphatic rings. The molecule has 0 amide bonds. The van der Waals surface area contributed by atoms with Crippen molar-refractivity contribution in [1.29, 1.82) is 0 Å². The third-order valence-corrected chi connectivity index (χ3v) is 6.90. The summed E-state index contributed by atoms with van der Waals surface area (Å²) < 4.78 is 10.1. The Morgan fingerprint density at radius 1 is 1.08 bits per heavy atom. The molecule has 0 aliphatic carbocycles. The minimum atomic E-state index is 0.0538. The predicted octanol–water partition coefficient (Wildman–Crippen LogP) is 6.26. The van der Waals surface area contributed by atoms with Crippen LogP contribution < -0.4 is 9.30 Å². The number of pyridine rings is 1. The Morgan fingerprint density at radius 3 is 2.62 bits per heavy atom. The molecule has 2 nitrogen and oxygen atoms in total. The van der Waals surface area contributed by atoms with Gasteiger partial charge in [-0.1, -0.05) is 45.0 Å². The molecule has 26 heavy (non-hydrogen) atoms. The van der Waals surface area contributed by atoms with E-state index in [0.717, 1.165) is 11.5 Å². The molecule has 0 radical (unpaired) electrons. The van der Waals surface area contributed by atoms with Crippen LogP contribution in [0.2, 0.25) is 0 Å². The van der Waals surface area contributed by atoms with Crippen molar-refractivity contribution in [3.05, 3.63) is 53.0 Å². The fourth-order valence-electron chi connectivity index (χ4n) is 4.08. The molecule has 0 N–H and O–H groups in total. The molecule has 3 heteroatoms. The Labute approximate surface area is 157 Å². The summed E-state index contributed by atoms with van der Waals surface area (Å²) in [7, 11) is 2.14. The van der Waals surface area contributed by atoms with Gasteiger partial charge in [-0.2, -0.15) is 0 Å². The molecule has 5 rings (SSSR count). The SMILES string of the molecule is Cc1c2c(cc3ccccc13)Oc1c(C(C)(C)C)sc3cc[n+](C)c-2c13. The van der Waals surface area contributed by atoms with Crippen molar-refractivity contribution in [2.24, 2.45) is 7.05 Å². The van der Waals surface area contributed by atoms with E-state index in [1.54, 1.807) is 0 Å². The molecule has 130 valence electrons. The van der Waals surface area contributed by atoms with E-state index in [-0.39, 0.29) is 5.41 Å². The highest BCUT2D eigenvalue weighted by Crippen LogP contribution is 2.54. The lowest BCUT2D eigenvalue weighted by atomic mass is 9.90. The van der Waals surface area contributed by atoms with E-state index < -0.39 is 0 Å². The zero-order valence-corrected chi connectivity index (χ0v) is 16.6. The summed E-state index contributed by atoms with van der Waals surface area (Å²) in [6.45, 7) is 9.00. The van der Waals surface area contributed by atoms with Crippen LogP contribution >= 0.6 is 11.3 Å². The number of aromatic nitrogens is 1. The molecule has 0 bridgehead atoms. The number of rotatable bonds is 0. The number of hydrogen-bond acceptors (Lipinski definition) is 2. The van der Waals surface area contributed by atoms with Gasteiger partial charge in [0.1, 0.15) is 18.2 Å². The number of thiophene rings is 1. The van der Waals surface area contributed by atoms with Crippen LogP contribution in [0, 0.1) is 6.92 Å². The summed E-state index contributed by atoms with van der Waals surface area (Å²) in [6, 6.07) is 13.0. The topological polar surface area (TPSA) is 13.1 Å². The van der Waals surface area contributed by atoms with E-state index in [1.807, 2.05) is 11.3 Å². The van der Waals surface area contributed by atoms with Crippen LogP contribution in [0.4, 0.5) is 0 Å². The van der Waals surface area contributed by atoms with Gasteiger partial charge in [-0.3, -0.25) is 0 Å². The highest BCUT2D eigenvalue weighted by atomic mass is 32.1. The molecule has 0 atom stereocenters. The van der Waals surface area contributed by atoms with E-state index in [9.17, 15) is 0 Å². The van der Waals surface area contributed by atoms with E-state index >= 15 is 0 Å². The van der Waals surface area contributed by atoms with Gasteiger partial charge in [-0.25, -0.2) is 4.57 Å². The number of hydrogen-bond donors (Lipinski definition) is 0. The van der Waals surface area contributed by atoms with Gasteiger partial charge in [0.2, 0.25) is 5.69 Å². The molecular weight excluding hydrogens is 338 g/mol. The molecule has 0 saturated heterocycles. The van der Waals surface area contributed by atoms with Crippen molar-refractivity contribution < 1.29 is 9.30 Å². The van der Waals surface area contributed by atoms with Gasteiger partial charge in [0.25, 0.3) is 0 Å². The maximum atomic E-state index is 6.59. The van der Waals surface area contributed by atoms with Crippen LogP contribution in [0.5, 0.6) is 11.5 Å². The van der Waals surface area contributed by atoms with E-state index in [1.165, 1.54) is 42.6 Å². The zero-order chi connectivity index (χ0) is 18.2. The highest BCUT2D eigenvalue weighted by Gasteiger charge is 2.35. The minimum Gasteiger partial charge on any atom is -0.454 e. The standard InChI is InChI=1S/C23H22NOS/c1-13-15-9-7-6-8-14(15)12-16-18(13)20-19-17(10-11-24(20)5)26-22(21(19)25-16)23(2,3)4/h6-12H,1-5H3/q+1. The number of nitrogens with zero attached hydrogens (tertiary/aromatic N) is 1. The molecule has 0 spiro atoms. The smallest absolute Gasteiger partial charge is 0.228 e. The van der Waals surface area contributed by atoms with E-state index in [2.05, 4.69) is 81.9 Å². The summed E-state index contributed by atoms with van der Waals surface area (Å²) in [5, 5.41) is 3.78. The molecule has 0 saturated carbocycles. The van der Waals surface area contributed by atoms with Crippen molar-refractivity contribution in [2.75, 3.05) is 0 Å². The third kappa shape index (κ3) is 2.01. The van der Waals surface area contributed by atoms with Crippen molar-refractivity contribution in [2.45, 2.75) is 33.1 Å². The summed E-state index contributed by atoms with van der Waals surface area (Å²) >= 11 is 1.86. The first-order valence-electron chi connectivity index (χ1n) is 9.02. The lowest BCUT2D eigenvalue weighted by molar-refractivity contribution is -0.659. The maximum Gasteiger partial charge on any atom is 0.228 e. The minimum absolute atomic E-state index is 0.0538. The summed E-state index contributed by atoms with van der Waals surface area (Å²) in [5.74, 6) is 2.02. The second-order valence-electron chi connectivity index (χ2n) is 8.22. The van der Waals surface area contributed by atoms with Gasteiger partial charge < -0.3 is 4.74 Å². The molecular formula is C23H22NOS+. The van der Waals surface area contributed by atoms with Crippen LogP contribution in [0.3, 0.4) is 0 Å². The summed E-state index contributed by atoms with van der Waals surface area (Å²) in [6.07, 6.45) is 2.17. The summed E-state index contributed by atoms with van der Waals surface area (Å²) in [5.41, 5.74) is 3.84. The van der Waals surface area contributed by atoms with Crippen molar-refractivity contribution in [3.8, 4) is 22.8 Å². The Balaban J connectivity index is 1.97. The van der Waals surface area contributed by atoms with Crippen LogP contribution in [0.15, 0.2) is 42.6 Å². The van der Waals surface area contributed by atoms with Crippen LogP contribution in [-0.4, -0.2) is 0 Å². The first-order chi connectivity index (χ1) is 12.4. The van der Waals surface area contributed by atoms with Gasteiger partial charge in [-0.15, -0.1) is 11.3 Å². The number of ether oxygens (including phenoxy) is 1. The normalized spacial score (nSPS) is 13.1. The molecule has 4 aromatic rings. The van der Waals surface area contributed by atoms with Crippen molar-refractivity contribution in [3.63, 3.8) is 0 Å².